The third-order valence-corrected chi connectivity index (χ3v) is 4.06. The van der Waals surface area contributed by atoms with Gasteiger partial charge < -0.3 is 5.32 Å². The Hall–Kier alpha value is -2.61. The van der Waals surface area contributed by atoms with Crippen molar-refractivity contribution in [3.8, 4) is 0 Å². The summed E-state index contributed by atoms with van der Waals surface area (Å²) in [5.74, 6) is -0.101. The minimum Gasteiger partial charge on any atom is -0.354 e. The second kappa shape index (κ2) is 7.59. The van der Waals surface area contributed by atoms with Crippen molar-refractivity contribution in [1.82, 2.24) is 30.5 Å². The normalized spacial score (nSPS) is 12.0. The Morgan fingerprint density at radius 2 is 2.17 bits per heavy atom. The number of hydrogen-bond acceptors (Lipinski definition) is 6. The average Bonchev–Trinajstić information content (AvgIpc) is 3.27. The third-order valence-electron chi connectivity index (χ3n) is 3.42. The maximum absolute atomic E-state index is 12.5. The van der Waals surface area contributed by atoms with Crippen molar-refractivity contribution in [3.05, 3.63) is 58.8 Å². The highest BCUT2D eigenvalue weighted by Crippen LogP contribution is 2.13. The Bertz CT molecular complexity index is 714. The monoisotopic (exact) mass is 328 g/mol. The molecule has 0 bridgehead atoms. The molecule has 1 atom stereocenters. The number of carbonyl (C=O) groups excluding carboxylic acids is 1. The van der Waals surface area contributed by atoms with Gasteiger partial charge in [-0.3, -0.25) is 4.79 Å². The molecule has 23 heavy (non-hydrogen) atoms. The first-order valence-electron chi connectivity index (χ1n) is 7.24. The van der Waals surface area contributed by atoms with E-state index in [0.717, 1.165) is 11.3 Å². The minimum absolute atomic E-state index is 0.101. The number of carbonyl (C=O) groups is 1. The molecule has 1 aromatic carbocycles. The molecule has 3 aromatic rings. The van der Waals surface area contributed by atoms with E-state index < -0.39 is 6.04 Å². The highest BCUT2D eigenvalue weighted by molar-refractivity contribution is 7.07. The molecule has 0 unspecified atom stereocenters. The summed E-state index contributed by atoms with van der Waals surface area (Å²) in [5, 5.41) is 16.1. The van der Waals surface area contributed by atoms with Crippen molar-refractivity contribution in [2.24, 2.45) is 0 Å². The van der Waals surface area contributed by atoms with E-state index in [1.807, 2.05) is 35.7 Å². The molecule has 1 amide bonds. The second-order valence-corrected chi connectivity index (χ2v) is 5.73. The van der Waals surface area contributed by atoms with Gasteiger partial charge in [-0.05, 0) is 16.0 Å². The third kappa shape index (κ3) is 4.19. The highest BCUT2D eigenvalue weighted by Gasteiger charge is 2.21. The van der Waals surface area contributed by atoms with Crippen LogP contribution in [-0.4, -0.2) is 37.6 Å². The molecule has 8 heteroatoms. The van der Waals surface area contributed by atoms with Gasteiger partial charge >= 0.3 is 0 Å². The summed E-state index contributed by atoms with van der Waals surface area (Å²) < 4.78 is 1.49. The summed E-state index contributed by atoms with van der Waals surface area (Å²) >= 11 is 1.55. The summed E-state index contributed by atoms with van der Waals surface area (Å²) in [6.07, 6.45) is 2.71. The van der Waals surface area contributed by atoms with E-state index in [4.69, 9.17) is 0 Å². The van der Waals surface area contributed by atoms with Crippen LogP contribution in [-0.2, 0) is 17.6 Å². The van der Waals surface area contributed by atoms with Crippen molar-refractivity contribution < 1.29 is 4.79 Å². The second-order valence-electron chi connectivity index (χ2n) is 5.02. The lowest BCUT2D eigenvalue weighted by atomic mass is 10.1. The van der Waals surface area contributed by atoms with Gasteiger partial charge in [0.1, 0.15) is 12.4 Å². The van der Waals surface area contributed by atoms with E-state index in [-0.39, 0.29) is 5.91 Å². The molecule has 0 aliphatic rings. The molecule has 0 aliphatic carbocycles. The van der Waals surface area contributed by atoms with Crippen LogP contribution < -0.4 is 5.32 Å². The van der Waals surface area contributed by atoms with Gasteiger partial charge in [-0.25, -0.2) is 9.67 Å². The minimum atomic E-state index is -0.470. The van der Waals surface area contributed by atoms with Gasteiger partial charge in [-0.1, -0.05) is 30.3 Å². The van der Waals surface area contributed by atoms with Gasteiger partial charge in [-0.15, -0.1) is 16.4 Å². The fourth-order valence-electron chi connectivity index (χ4n) is 2.25. The molecule has 0 radical (unpaired) electrons. The first-order chi connectivity index (χ1) is 11.3. The summed E-state index contributed by atoms with van der Waals surface area (Å²) in [4.78, 5) is 16.7. The zero-order valence-electron chi connectivity index (χ0n) is 12.4. The molecule has 0 saturated carbocycles. The van der Waals surface area contributed by atoms with Crippen LogP contribution in [0.4, 0.5) is 0 Å². The zero-order valence-corrected chi connectivity index (χ0v) is 13.2. The number of nitrogens with zero attached hydrogens (tertiary/aromatic N) is 5. The number of rotatable bonds is 7. The van der Waals surface area contributed by atoms with Gasteiger partial charge in [0.15, 0.2) is 0 Å². The van der Waals surface area contributed by atoms with Crippen LogP contribution in [0.3, 0.4) is 0 Å². The maximum atomic E-state index is 12.5. The van der Waals surface area contributed by atoms with Gasteiger partial charge in [-0.2, -0.15) is 0 Å². The van der Waals surface area contributed by atoms with Crippen molar-refractivity contribution in [2.75, 3.05) is 6.54 Å². The number of thiazole rings is 1. The maximum Gasteiger partial charge on any atom is 0.245 e. The molecule has 0 fully saturated rings. The Kier molecular flexibility index (Phi) is 5.05. The Morgan fingerprint density at radius 1 is 1.30 bits per heavy atom. The predicted molar refractivity (Wildman–Crippen MR) is 85.8 cm³/mol. The largest absolute Gasteiger partial charge is 0.354 e. The van der Waals surface area contributed by atoms with Crippen LogP contribution in [0.1, 0.15) is 17.3 Å². The number of hydrogen-bond donors (Lipinski definition) is 1. The molecular formula is C15H16N6OS. The predicted octanol–water partition coefficient (Wildman–Crippen LogP) is 1.27. The van der Waals surface area contributed by atoms with Crippen LogP contribution in [0.15, 0.2) is 47.5 Å². The van der Waals surface area contributed by atoms with Crippen LogP contribution in [0.25, 0.3) is 0 Å². The summed E-state index contributed by atoms with van der Waals surface area (Å²) in [6, 6.07) is 9.35. The van der Waals surface area contributed by atoms with Crippen LogP contribution in [0.2, 0.25) is 0 Å². The molecule has 0 aliphatic heterocycles. The average molecular weight is 328 g/mol. The van der Waals surface area contributed by atoms with Gasteiger partial charge in [0.05, 0.1) is 11.2 Å². The first-order valence-corrected chi connectivity index (χ1v) is 8.18. The topological polar surface area (TPSA) is 85.6 Å². The van der Waals surface area contributed by atoms with E-state index in [1.54, 1.807) is 16.8 Å². The van der Waals surface area contributed by atoms with Crippen molar-refractivity contribution >= 4 is 17.2 Å². The smallest absolute Gasteiger partial charge is 0.245 e. The zero-order chi connectivity index (χ0) is 15.9. The summed E-state index contributed by atoms with van der Waals surface area (Å²) in [6.45, 7) is 0.538. The van der Waals surface area contributed by atoms with E-state index >= 15 is 0 Å². The van der Waals surface area contributed by atoms with E-state index in [1.165, 1.54) is 11.0 Å². The summed E-state index contributed by atoms with van der Waals surface area (Å²) in [7, 11) is 0. The van der Waals surface area contributed by atoms with Gasteiger partial charge in [0.2, 0.25) is 5.91 Å². The molecule has 2 aromatic heterocycles. The van der Waals surface area contributed by atoms with Gasteiger partial charge in [0.25, 0.3) is 0 Å². The lowest BCUT2D eigenvalue weighted by Crippen LogP contribution is -2.35. The molecular weight excluding hydrogens is 312 g/mol. The Labute approximate surface area is 137 Å². The fraction of sp³-hybridized carbons (Fsp3) is 0.267. The highest BCUT2D eigenvalue weighted by atomic mass is 32.1. The van der Waals surface area contributed by atoms with Crippen LogP contribution in [0.5, 0.6) is 0 Å². The molecule has 3 rings (SSSR count). The molecule has 7 nitrogen and oxygen atoms in total. The molecule has 0 saturated heterocycles. The summed E-state index contributed by atoms with van der Waals surface area (Å²) in [5.41, 5.74) is 3.83. The molecule has 118 valence electrons. The molecule has 1 N–H and O–H groups in total. The molecule has 2 heterocycles. The quantitative estimate of drug-likeness (QED) is 0.706. The SMILES string of the molecule is O=C(NCCc1cscn1)[C@@H](Cc1ccccc1)n1cnnn1. The number of amides is 1. The lowest BCUT2D eigenvalue weighted by molar-refractivity contribution is -0.124. The van der Waals surface area contributed by atoms with E-state index in [9.17, 15) is 4.79 Å². The van der Waals surface area contributed by atoms with E-state index in [2.05, 4.69) is 25.8 Å². The number of aromatic nitrogens is 5. The lowest BCUT2D eigenvalue weighted by Gasteiger charge is -2.16. The van der Waals surface area contributed by atoms with E-state index in [0.29, 0.717) is 19.4 Å². The van der Waals surface area contributed by atoms with Crippen molar-refractivity contribution in [2.45, 2.75) is 18.9 Å². The fourth-order valence-corrected chi connectivity index (χ4v) is 2.84. The number of nitrogens with one attached hydrogen (secondary N) is 1. The standard InChI is InChI=1S/C15H16N6OS/c22-15(16-7-6-13-9-23-11-17-13)14(21-10-18-19-20-21)8-12-4-2-1-3-5-12/h1-5,9-11,14H,6-8H2,(H,16,22)/t14-/m1/s1. The first kappa shape index (κ1) is 15.3. The Balaban J connectivity index is 1.64. The van der Waals surface area contributed by atoms with Gasteiger partial charge in [0, 0.05) is 24.8 Å². The van der Waals surface area contributed by atoms with Crippen molar-refractivity contribution in [3.63, 3.8) is 0 Å². The van der Waals surface area contributed by atoms with Crippen LogP contribution in [0, 0.1) is 0 Å². The van der Waals surface area contributed by atoms with Crippen LogP contribution >= 0.6 is 11.3 Å². The Morgan fingerprint density at radius 3 is 2.87 bits per heavy atom. The molecule has 0 spiro atoms. The number of benzene rings is 1. The van der Waals surface area contributed by atoms with Crippen molar-refractivity contribution in [1.29, 1.82) is 0 Å². The number of tetrazole rings is 1.